The Labute approximate surface area is 134 Å². The molecule has 2 nitrogen and oxygen atoms in total. The standard InChI is InChI=1S/C8H17NO.C8H18.C2H6.FH/c1-9-5-3-8(4-6-9)7-10-2;1-3-5-7-8-6-4-2;1-2;/h8H,3-7H2,1-2H3;3-8H2,1-2H3;1-2H3;1H. The van der Waals surface area contributed by atoms with Crippen LogP contribution < -0.4 is 0 Å². The van der Waals surface area contributed by atoms with Gasteiger partial charge >= 0.3 is 0 Å². The number of unbranched alkanes of at least 4 members (excludes halogenated alkanes) is 5. The maximum Gasteiger partial charge on any atom is 0.0491 e. The van der Waals surface area contributed by atoms with Crippen LogP contribution >= 0.6 is 0 Å². The van der Waals surface area contributed by atoms with Gasteiger partial charge in [-0.05, 0) is 38.9 Å². The molecule has 132 valence electrons. The molecule has 0 aromatic carbocycles. The minimum absolute atomic E-state index is 0. The SMILES string of the molecule is CC.CCCCCCCC.COCC1CCN(C)CC1.F. The van der Waals surface area contributed by atoms with Crippen molar-refractivity contribution in [1.29, 1.82) is 0 Å². The van der Waals surface area contributed by atoms with Crippen LogP contribution in [0.4, 0.5) is 4.70 Å². The summed E-state index contributed by atoms with van der Waals surface area (Å²) in [5, 5.41) is 0. The molecule has 0 amide bonds. The highest BCUT2D eigenvalue weighted by Crippen LogP contribution is 2.15. The Hall–Kier alpha value is -0.150. The normalized spacial score (nSPS) is 15.1. The predicted octanol–water partition coefficient (Wildman–Crippen LogP) is 5.52. The first-order valence-electron chi connectivity index (χ1n) is 8.92. The molecule has 1 aliphatic rings. The van der Waals surface area contributed by atoms with E-state index >= 15 is 0 Å². The Morgan fingerprint density at radius 3 is 1.67 bits per heavy atom. The van der Waals surface area contributed by atoms with Crippen LogP contribution in [0.1, 0.15) is 79.1 Å². The van der Waals surface area contributed by atoms with Gasteiger partial charge < -0.3 is 9.64 Å². The fraction of sp³-hybridized carbons (Fsp3) is 1.00. The smallest absolute Gasteiger partial charge is 0.0491 e. The van der Waals surface area contributed by atoms with Crippen molar-refractivity contribution in [1.82, 2.24) is 4.90 Å². The van der Waals surface area contributed by atoms with Crippen LogP contribution in [0.5, 0.6) is 0 Å². The molecule has 0 aromatic rings. The van der Waals surface area contributed by atoms with Crippen molar-refractivity contribution < 1.29 is 9.44 Å². The van der Waals surface area contributed by atoms with E-state index in [4.69, 9.17) is 4.74 Å². The molecular weight excluding hydrogens is 265 g/mol. The summed E-state index contributed by atoms with van der Waals surface area (Å²) in [5.74, 6) is 0.821. The predicted molar refractivity (Wildman–Crippen MR) is 95.0 cm³/mol. The summed E-state index contributed by atoms with van der Waals surface area (Å²) in [6.45, 7) is 12.0. The molecule has 3 heteroatoms. The van der Waals surface area contributed by atoms with Gasteiger partial charge in [0, 0.05) is 13.7 Å². The van der Waals surface area contributed by atoms with Gasteiger partial charge in [-0.2, -0.15) is 0 Å². The van der Waals surface area contributed by atoms with Crippen LogP contribution in [-0.2, 0) is 4.74 Å². The van der Waals surface area contributed by atoms with Gasteiger partial charge in [0.25, 0.3) is 0 Å². The van der Waals surface area contributed by atoms with Crippen LogP contribution in [0, 0.1) is 5.92 Å². The van der Waals surface area contributed by atoms with Crippen molar-refractivity contribution in [2.24, 2.45) is 5.92 Å². The fourth-order valence-corrected chi connectivity index (χ4v) is 2.32. The van der Waals surface area contributed by atoms with E-state index in [2.05, 4.69) is 25.8 Å². The quantitative estimate of drug-likeness (QED) is 0.574. The highest BCUT2D eigenvalue weighted by Gasteiger charge is 2.15. The second-order valence-electron chi connectivity index (χ2n) is 5.62. The van der Waals surface area contributed by atoms with E-state index in [-0.39, 0.29) is 4.70 Å². The van der Waals surface area contributed by atoms with Crippen LogP contribution in [0.15, 0.2) is 0 Å². The van der Waals surface area contributed by atoms with Crippen molar-refractivity contribution in [2.45, 2.75) is 79.1 Å². The van der Waals surface area contributed by atoms with Gasteiger partial charge in [-0.25, -0.2) is 0 Å². The maximum absolute atomic E-state index is 5.10. The average molecular weight is 308 g/mol. The topological polar surface area (TPSA) is 12.5 Å². The Morgan fingerprint density at radius 1 is 0.905 bits per heavy atom. The van der Waals surface area contributed by atoms with Crippen LogP contribution in [0.3, 0.4) is 0 Å². The first kappa shape index (κ1) is 25.8. The maximum atomic E-state index is 5.10. The molecule has 0 atom stereocenters. The zero-order valence-electron chi connectivity index (χ0n) is 15.6. The highest BCUT2D eigenvalue weighted by molar-refractivity contribution is 4.68. The number of hydrogen-bond acceptors (Lipinski definition) is 2. The average Bonchev–Trinajstić information content (AvgIpc) is 2.49. The number of hydrogen-bond donors (Lipinski definition) is 0. The van der Waals surface area contributed by atoms with Crippen LogP contribution in [0.25, 0.3) is 0 Å². The van der Waals surface area contributed by atoms with Crippen molar-refractivity contribution in [3.63, 3.8) is 0 Å². The molecule has 21 heavy (non-hydrogen) atoms. The first-order valence-corrected chi connectivity index (χ1v) is 8.92. The molecule has 0 bridgehead atoms. The van der Waals surface area contributed by atoms with Crippen molar-refractivity contribution in [2.75, 3.05) is 33.9 Å². The molecule has 1 heterocycles. The lowest BCUT2D eigenvalue weighted by Gasteiger charge is -2.28. The summed E-state index contributed by atoms with van der Waals surface area (Å²) in [4.78, 5) is 2.38. The molecule has 1 saturated heterocycles. The lowest BCUT2D eigenvalue weighted by atomic mass is 9.98. The number of nitrogens with zero attached hydrogens (tertiary/aromatic N) is 1. The van der Waals surface area contributed by atoms with E-state index in [1.807, 2.05) is 13.8 Å². The Kier molecular flexibility index (Phi) is 27.2. The van der Waals surface area contributed by atoms with E-state index in [0.717, 1.165) is 12.5 Å². The van der Waals surface area contributed by atoms with E-state index in [1.165, 1.54) is 64.5 Å². The van der Waals surface area contributed by atoms with Crippen LogP contribution in [0.2, 0.25) is 0 Å². The van der Waals surface area contributed by atoms with Gasteiger partial charge in [0.2, 0.25) is 0 Å². The summed E-state index contributed by atoms with van der Waals surface area (Å²) >= 11 is 0. The summed E-state index contributed by atoms with van der Waals surface area (Å²) in [7, 11) is 3.97. The van der Waals surface area contributed by atoms with Gasteiger partial charge in [0.05, 0.1) is 0 Å². The molecule has 0 N–H and O–H groups in total. The molecular formula is C18H42FNO. The van der Waals surface area contributed by atoms with E-state index in [1.54, 1.807) is 7.11 Å². The molecule has 0 radical (unpaired) electrons. The minimum atomic E-state index is 0. The number of halogens is 1. The first-order chi connectivity index (χ1) is 9.74. The second-order valence-corrected chi connectivity index (χ2v) is 5.62. The number of methoxy groups -OCH3 is 1. The molecule has 1 rings (SSSR count). The number of likely N-dealkylation sites (tertiary alicyclic amines) is 1. The molecule has 1 aliphatic heterocycles. The number of ether oxygens (including phenoxy) is 1. The van der Waals surface area contributed by atoms with Crippen molar-refractivity contribution >= 4 is 0 Å². The summed E-state index contributed by atoms with van der Waals surface area (Å²) in [6, 6.07) is 0. The fourth-order valence-electron chi connectivity index (χ4n) is 2.32. The third-order valence-electron chi connectivity index (χ3n) is 3.70. The van der Waals surface area contributed by atoms with Crippen molar-refractivity contribution in [3.05, 3.63) is 0 Å². The van der Waals surface area contributed by atoms with Gasteiger partial charge in [-0.3, -0.25) is 4.70 Å². The third kappa shape index (κ3) is 19.9. The number of rotatable bonds is 7. The van der Waals surface area contributed by atoms with Crippen molar-refractivity contribution in [3.8, 4) is 0 Å². The second kappa shape index (κ2) is 22.1. The zero-order valence-corrected chi connectivity index (χ0v) is 15.6. The molecule has 0 aromatic heterocycles. The Balaban J connectivity index is -0.000000270. The Bertz CT molecular complexity index is 153. The third-order valence-corrected chi connectivity index (χ3v) is 3.70. The van der Waals surface area contributed by atoms with Gasteiger partial charge in [0.15, 0.2) is 0 Å². The molecule has 0 unspecified atom stereocenters. The zero-order chi connectivity index (χ0) is 15.6. The summed E-state index contributed by atoms with van der Waals surface area (Å²) in [6.07, 6.45) is 11.1. The minimum Gasteiger partial charge on any atom is -0.384 e. The molecule has 0 spiro atoms. The largest absolute Gasteiger partial charge is 0.384 e. The van der Waals surface area contributed by atoms with E-state index < -0.39 is 0 Å². The van der Waals surface area contributed by atoms with E-state index in [0.29, 0.717) is 0 Å². The van der Waals surface area contributed by atoms with Gasteiger partial charge in [-0.15, -0.1) is 0 Å². The number of piperidine rings is 1. The van der Waals surface area contributed by atoms with Crippen LogP contribution in [-0.4, -0.2) is 38.8 Å². The Morgan fingerprint density at radius 2 is 1.33 bits per heavy atom. The lowest BCUT2D eigenvalue weighted by Crippen LogP contribution is -2.31. The molecule has 0 aliphatic carbocycles. The highest BCUT2D eigenvalue weighted by atomic mass is 19.0. The van der Waals surface area contributed by atoms with Gasteiger partial charge in [0.1, 0.15) is 0 Å². The monoisotopic (exact) mass is 307 g/mol. The summed E-state index contributed by atoms with van der Waals surface area (Å²) < 4.78 is 5.10. The van der Waals surface area contributed by atoms with Gasteiger partial charge in [-0.1, -0.05) is 66.2 Å². The van der Waals surface area contributed by atoms with E-state index in [9.17, 15) is 0 Å². The summed E-state index contributed by atoms with van der Waals surface area (Å²) in [5.41, 5.74) is 0. The lowest BCUT2D eigenvalue weighted by molar-refractivity contribution is 0.109. The molecule has 0 saturated carbocycles. The molecule has 1 fully saturated rings.